The molecule has 3 aromatic rings. The van der Waals surface area contributed by atoms with Gasteiger partial charge in [-0.1, -0.05) is 36.4 Å². The lowest BCUT2D eigenvalue weighted by atomic mass is 10.0. The number of hydrogen-bond acceptors (Lipinski definition) is 6. The summed E-state index contributed by atoms with van der Waals surface area (Å²) in [7, 11) is 0. The number of nitrogens with one attached hydrogen (secondary N) is 2. The molecule has 8 heteroatoms. The maximum absolute atomic E-state index is 13.0. The summed E-state index contributed by atoms with van der Waals surface area (Å²) in [4.78, 5) is 25.8. The van der Waals surface area contributed by atoms with Gasteiger partial charge in [0.25, 0.3) is 0 Å². The van der Waals surface area contributed by atoms with Crippen LogP contribution in [0.1, 0.15) is 29.2 Å². The number of ether oxygens (including phenoxy) is 1. The van der Waals surface area contributed by atoms with Crippen molar-refractivity contribution < 1.29 is 14.3 Å². The van der Waals surface area contributed by atoms with Crippen LogP contribution in [0.2, 0.25) is 0 Å². The zero-order chi connectivity index (χ0) is 24.3. The van der Waals surface area contributed by atoms with Gasteiger partial charge in [0.15, 0.2) is 0 Å². The molecule has 0 saturated heterocycles. The largest absolute Gasteiger partial charge is 0.494 e. The Hall–Kier alpha value is -3.20. The van der Waals surface area contributed by atoms with Gasteiger partial charge in [0.1, 0.15) is 11.8 Å². The number of amides is 2. The van der Waals surface area contributed by atoms with Crippen molar-refractivity contribution in [1.29, 1.82) is 0 Å². The van der Waals surface area contributed by atoms with Crippen LogP contribution in [-0.2, 0) is 35.5 Å². The van der Waals surface area contributed by atoms with Crippen LogP contribution in [-0.4, -0.2) is 30.5 Å². The van der Waals surface area contributed by atoms with Crippen molar-refractivity contribution in [3.63, 3.8) is 0 Å². The molecule has 7 nitrogen and oxygen atoms in total. The van der Waals surface area contributed by atoms with Crippen LogP contribution in [0.4, 0.5) is 0 Å². The van der Waals surface area contributed by atoms with Crippen molar-refractivity contribution in [3.05, 3.63) is 87.6 Å². The monoisotopic (exact) mass is 480 g/mol. The summed E-state index contributed by atoms with van der Waals surface area (Å²) in [6.07, 6.45) is 0.751. The maximum Gasteiger partial charge on any atom is 0.243 e. The highest BCUT2D eigenvalue weighted by Gasteiger charge is 2.24. The van der Waals surface area contributed by atoms with E-state index in [1.165, 1.54) is 0 Å². The Morgan fingerprint density at radius 1 is 0.912 bits per heavy atom. The van der Waals surface area contributed by atoms with Gasteiger partial charge >= 0.3 is 0 Å². The van der Waals surface area contributed by atoms with Gasteiger partial charge in [0, 0.05) is 19.5 Å². The van der Waals surface area contributed by atoms with E-state index in [1.54, 1.807) is 11.3 Å². The molecule has 34 heavy (non-hydrogen) atoms. The van der Waals surface area contributed by atoms with Crippen molar-refractivity contribution >= 4 is 23.2 Å². The Kier molecular flexibility index (Phi) is 9.63. The third-order valence-electron chi connectivity index (χ3n) is 5.41. The molecule has 2 atom stereocenters. The van der Waals surface area contributed by atoms with E-state index in [1.807, 2.05) is 72.3 Å². The molecule has 1 aromatic heterocycles. The van der Waals surface area contributed by atoms with Crippen molar-refractivity contribution in [2.75, 3.05) is 6.61 Å². The summed E-state index contributed by atoms with van der Waals surface area (Å²) in [5, 5.41) is 9.69. The molecule has 0 bridgehead atoms. The lowest BCUT2D eigenvalue weighted by molar-refractivity contribution is -0.129. The first-order valence-corrected chi connectivity index (χ1v) is 12.3. The molecule has 0 fully saturated rings. The molecule has 0 aliphatic rings. The molecular weight excluding hydrogens is 448 g/mol. The van der Waals surface area contributed by atoms with Gasteiger partial charge in [-0.3, -0.25) is 9.59 Å². The van der Waals surface area contributed by atoms with Crippen LogP contribution in [0.3, 0.4) is 0 Å². The number of benzene rings is 2. The number of hydrogen-bond donors (Lipinski definition) is 4. The highest BCUT2D eigenvalue weighted by Crippen LogP contribution is 2.14. The van der Waals surface area contributed by atoms with E-state index in [0.717, 1.165) is 28.0 Å². The van der Waals surface area contributed by atoms with Crippen LogP contribution in [0.25, 0.3) is 0 Å². The molecule has 0 radical (unpaired) electrons. The average molecular weight is 481 g/mol. The molecule has 0 unspecified atom stereocenters. The van der Waals surface area contributed by atoms with Crippen LogP contribution >= 0.6 is 11.3 Å². The summed E-state index contributed by atoms with van der Waals surface area (Å²) >= 11 is 1.55. The second kappa shape index (κ2) is 12.9. The summed E-state index contributed by atoms with van der Waals surface area (Å²) in [6.45, 7) is 3.35. The van der Waals surface area contributed by atoms with Crippen molar-refractivity contribution in [2.45, 2.75) is 44.9 Å². The standard InChI is InChI=1S/C26H32N4O3S/c1-2-33-22-9-7-18(8-10-22)13-23(28)25(31)30-24(14-21-11-12-34-17-21)26(32)29-16-20-5-3-19(15-27)4-6-20/h3-12,17,23-24H,2,13-16,27-28H2,1H3,(H,29,32)(H,30,31)/t23-,24+/m1/s1. The summed E-state index contributed by atoms with van der Waals surface area (Å²) < 4.78 is 5.45. The Bertz CT molecular complexity index is 1040. The van der Waals surface area contributed by atoms with Crippen molar-refractivity contribution in [1.82, 2.24) is 10.6 Å². The van der Waals surface area contributed by atoms with Gasteiger partial charge in [-0.25, -0.2) is 0 Å². The number of carbonyl (C=O) groups is 2. The molecule has 2 amide bonds. The number of carbonyl (C=O) groups excluding carboxylic acids is 2. The molecule has 0 aliphatic heterocycles. The van der Waals surface area contributed by atoms with E-state index in [4.69, 9.17) is 16.2 Å². The SMILES string of the molecule is CCOc1ccc(C[C@@H](N)C(=O)N[C@@H](Cc2ccsc2)C(=O)NCc2ccc(CN)cc2)cc1. The Balaban J connectivity index is 1.60. The van der Waals surface area contributed by atoms with Crippen molar-refractivity contribution in [2.24, 2.45) is 11.5 Å². The third-order valence-corrected chi connectivity index (χ3v) is 6.14. The highest BCUT2D eigenvalue weighted by atomic mass is 32.1. The quantitative estimate of drug-likeness (QED) is 0.318. The fourth-order valence-corrected chi connectivity index (χ4v) is 4.15. The second-order valence-corrected chi connectivity index (χ2v) is 8.80. The molecule has 6 N–H and O–H groups in total. The smallest absolute Gasteiger partial charge is 0.243 e. The van der Waals surface area contributed by atoms with E-state index >= 15 is 0 Å². The highest BCUT2D eigenvalue weighted by molar-refractivity contribution is 7.07. The fourth-order valence-electron chi connectivity index (χ4n) is 3.47. The first kappa shape index (κ1) is 25.4. The predicted octanol–water partition coefficient (Wildman–Crippen LogP) is 2.52. The van der Waals surface area contributed by atoms with E-state index in [0.29, 0.717) is 32.5 Å². The van der Waals surface area contributed by atoms with Crippen LogP contribution in [0.15, 0.2) is 65.4 Å². The van der Waals surface area contributed by atoms with Gasteiger partial charge < -0.3 is 26.8 Å². The molecule has 0 spiro atoms. The average Bonchev–Trinajstić information content (AvgIpc) is 3.37. The van der Waals surface area contributed by atoms with E-state index in [9.17, 15) is 9.59 Å². The van der Waals surface area contributed by atoms with Gasteiger partial charge in [-0.2, -0.15) is 11.3 Å². The van der Waals surface area contributed by atoms with Crippen LogP contribution < -0.4 is 26.8 Å². The fraction of sp³-hybridized carbons (Fsp3) is 0.308. The van der Waals surface area contributed by atoms with Gasteiger partial charge in [-0.05, 0) is 64.6 Å². The minimum Gasteiger partial charge on any atom is -0.494 e. The lowest BCUT2D eigenvalue weighted by Gasteiger charge is -2.21. The molecular formula is C26H32N4O3S. The van der Waals surface area contributed by atoms with E-state index < -0.39 is 12.1 Å². The molecule has 2 aromatic carbocycles. The lowest BCUT2D eigenvalue weighted by Crippen LogP contribution is -2.52. The Morgan fingerprint density at radius 2 is 1.59 bits per heavy atom. The normalized spacial score (nSPS) is 12.6. The summed E-state index contributed by atoms with van der Waals surface area (Å²) in [5.74, 6) is 0.154. The first-order chi connectivity index (χ1) is 16.5. The molecule has 0 saturated carbocycles. The first-order valence-electron chi connectivity index (χ1n) is 11.3. The van der Waals surface area contributed by atoms with Crippen LogP contribution in [0.5, 0.6) is 5.75 Å². The maximum atomic E-state index is 13.0. The minimum atomic E-state index is -0.778. The topological polar surface area (TPSA) is 119 Å². The van der Waals surface area contributed by atoms with Crippen molar-refractivity contribution in [3.8, 4) is 5.75 Å². The van der Waals surface area contributed by atoms with Crippen LogP contribution in [0, 0.1) is 0 Å². The molecule has 0 aliphatic carbocycles. The van der Waals surface area contributed by atoms with E-state index in [2.05, 4.69) is 10.6 Å². The zero-order valence-electron chi connectivity index (χ0n) is 19.3. The van der Waals surface area contributed by atoms with Gasteiger partial charge in [-0.15, -0.1) is 0 Å². The van der Waals surface area contributed by atoms with Gasteiger partial charge in [0.2, 0.25) is 11.8 Å². The minimum absolute atomic E-state index is 0.254. The van der Waals surface area contributed by atoms with Gasteiger partial charge in [0.05, 0.1) is 12.6 Å². The Labute approximate surface area is 204 Å². The second-order valence-electron chi connectivity index (χ2n) is 8.02. The number of thiophene rings is 1. The summed E-state index contributed by atoms with van der Waals surface area (Å²) in [6, 6.07) is 15.7. The predicted molar refractivity (Wildman–Crippen MR) is 135 cm³/mol. The van der Waals surface area contributed by atoms with E-state index in [-0.39, 0.29) is 11.8 Å². The molecule has 1 heterocycles. The number of rotatable bonds is 12. The zero-order valence-corrected chi connectivity index (χ0v) is 20.1. The number of nitrogens with two attached hydrogens (primary N) is 2. The Morgan fingerprint density at radius 3 is 2.21 bits per heavy atom. The third kappa shape index (κ3) is 7.69. The molecule has 3 rings (SSSR count). The summed E-state index contributed by atoms with van der Waals surface area (Å²) in [5.41, 5.74) is 15.7. The molecule has 180 valence electrons.